The molecule has 2 fully saturated rings. The average Bonchev–Trinajstić information content (AvgIpc) is 2.84. The molecule has 2 aromatic rings. The first kappa shape index (κ1) is 24.8. The predicted octanol–water partition coefficient (Wildman–Crippen LogP) is 4.93. The third-order valence-electron chi connectivity index (χ3n) is 8.80. The van der Waals surface area contributed by atoms with E-state index in [-0.39, 0.29) is 11.4 Å². The van der Waals surface area contributed by atoms with Gasteiger partial charge in [-0.2, -0.15) is 0 Å². The van der Waals surface area contributed by atoms with E-state index >= 15 is 0 Å². The maximum absolute atomic E-state index is 13.2. The van der Waals surface area contributed by atoms with Gasteiger partial charge in [0.1, 0.15) is 6.33 Å². The van der Waals surface area contributed by atoms with Crippen LogP contribution in [-0.4, -0.2) is 74.9 Å². The summed E-state index contributed by atoms with van der Waals surface area (Å²) in [4.78, 5) is 29.2. The zero-order valence-electron chi connectivity index (χ0n) is 21.6. The minimum absolute atomic E-state index is 0.0861. The van der Waals surface area contributed by atoms with Crippen molar-refractivity contribution < 1.29 is 4.79 Å². The van der Waals surface area contributed by atoms with Crippen molar-refractivity contribution in [2.24, 2.45) is 0 Å². The summed E-state index contributed by atoms with van der Waals surface area (Å²) in [5.74, 6) is 0.0861. The third-order valence-corrected chi connectivity index (χ3v) is 9.29. The molecular weight excluding hydrogens is 502 g/mol. The number of nitrogens with zero attached hydrogens (tertiary/aromatic N) is 5. The van der Waals surface area contributed by atoms with Crippen LogP contribution in [-0.2, 0) is 6.42 Å². The number of fused-ring (bicyclic) bond motifs is 1. The second kappa shape index (κ2) is 9.91. The van der Waals surface area contributed by atoms with Crippen molar-refractivity contribution >= 4 is 21.8 Å². The molecule has 3 aliphatic rings. The number of piperidine rings is 1. The molecule has 0 saturated carbocycles. The highest BCUT2D eigenvalue weighted by Crippen LogP contribution is 2.39. The largest absolute Gasteiger partial charge is 0.338 e. The number of piperazine rings is 1. The maximum Gasteiger partial charge on any atom is 0.257 e. The standard InChI is InChI=1S/C28H38BrN5O/c1-19-17-33(14-15-34(19)25-7-5-6-22-8-9-23(29)16-24(22)25)28(4)10-12-32(13-11-28)27(35)26-20(2)30-18-31-21(26)3/h8-9,16,18-19,25H,5-7,10-15,17H2,1-4H3/t19-,25?/m0/s1. The van der Waals surface area contributed by atoms with Crippen molar-refractivity contribution in [3.05, 3.63) is 57.1 Å². The van der Waals surface area contributed by atoms with Gasteiger partial charge in [-0.15, -0.1) is 0 Å². The lowest BCUT2D eigenvalue weighted by atomic mass is 9.84. The molecule has 5 rings (SSSR count). The Kier molecular flexibility index (Phi) is 7.03. The third kappa shape index (κ3) is 4.79. The van der Waals surface area contributed by atoms with Crippen LogP contribution in [0.3, 0.4) is 0 Å². The van der Waals surface area contributed by atoms with Crippen molar-refractivity contribution in [3.8, 4) is 0 Å². The first-order valence-electron chi connectivity index (χ1n) is 13.1. The Morgan fingerprint density at radius 3 is 2.49 bits per heavy atom. The van der Waals surface area contributed by atoms with E-state index in [4.69, 9.17) is 0 Å². The summed E-state index contributed by atoms with van der Waals surface area (Å²) in [6.07, 6.45) is 7.30. The molecule has 0 spiro atoms. The molecule has 1 aliphatic carbocycles. The van der Waals surface area contributed by atoms with Crippen molar-refractivity contribution in [2.75, 3.05) is 32.7 Å². The Morgan fingerprint density at radius 2 is 1.80 bits per heavy atom. The van der Waals surface area contributed by atoms with Crippen LogP contribution in [0.5, 0.6) is 0 Å². The molecule has 0 N–H and O–H groups in total. The molecule has 2 saturated heterocycles. The van der Waals surface area contributed by atoms with Gasteiger partial charge in [0.05, 0.1) is 17.0 Å². The number of hydrogen-bond donors (Lipinski definition) is 0. The molecule has 3 heterocycles. The first-order valence-corrected chi connectivity index (χ1v) is 13.9. The van der Waals surface area contributed by atoms with Crippen LogP contribution in [0.25, 0.3) is 0 Å². The minimum Gasteiger partial charge on any atom is -0.338 e. The molecule has 2 aliphatic heterocycles. The van der Waals surface area contributed by atoms with Crippen molar-refractivity contribution in [2.45, 2.75) is 77.4 Å². The van der Waals surface area contributed by atoms with Gasteiger partial charge in [0.2, 0.25) is 0 Å². The zero-order valence-corrected chi connectivity index (χ0v) is 23.1. The van der Waals surface area contributed by atoms with Crippen LogP contribution in [0.4, 0.5) is 0 Å². The first-order chi connectivity index (χ1) is 16.8. The maximum atomic E-state index is 13.2. The normalized spacial score (nSPS) is 25.3. The number of carbonyl (C=O) groups is 1. The lowest BCUT2D eigenvalue weighted by Crippen LogP contribution is -2.62. The summed E-state index contributed by atoms with van der Waals surface area (Å²) in [6, 6.07) is 7.90. The van der Waals surface area contributed by atoms with E-state index in [0.29, 0.717) is 17.6 Å². The topological polar surface area (TPSA) is 52.6 Å². The lowest BCUT2D eigenvalue weighted by molar-refractivity contribution is -0.0322. The van der Waals surface area contributed by atoms with Crippen molar-refractivity contribution in [1.82, 2.24) is 24.7 Å². The Hall–Kier alpha value is -1.83. The number of likely N-dealkylation sites (tertiary alicyclic amines) is 1. The molecule has 7 heteroatoms. The van der Waals surface area contributed by atoms with Crippen LogP contribution < -0.4 is 0 Å². The number of hydrogen-bond acceptors (Lipinski definition) is 5. The molecule has 1 amide bonds. The average molecular weight is 541 g/mol. The fourth-order valence-corrected chi connectivity index (χ4v) is 6.96. The second-order valence-electron chi connectivity index (χ2n) is 11.0. The smallest absolute Gasteiger partial charge is 0.257 e. The molecule has 1 unspecified atom stereocenters. The number of aromatic nitrogens is 2. The summed E-state index contributed by atoms with van der Waals surface area (Å²) >= 11 is 3.70. The fraction of sp³-hybridized carbons (Fsp3) is 0.607. The van der Waals surface area contributed by atoms with Gasteiger partial charge in [-0.1, -0.05) is 22.0 Å². The predicted molar refractivity (Wildman–Crippen MR) is 143 cm³/mol. The van der Waals surface area contributed by atoms with E-state index in [9.17, 15) is 4.79 Å². The molecule has 188 valence electrons. The molecule has 0 radical (unpaired) electrons. The number of halogens is 1. The van der Waals surface area contributed by atoms with Crippen molar-refractivity contribution in [3.63, 3.8) is 0 Å². The fourth-order valence-electron chi connectivity index (χ4n) is 6.58. The van der Waals surface area contributed by atoms with Crippen molar-refractivity contribution in [1.29, 1.82) is 0 Å². The second-order valence-corrected chi connectivity index (χ2v) is 11.9. The summed E-state index contributed by atoms with van der Waals surface area (Å²) in [5.41, 5.74) is 5.42. The molecule has 1 aromatic carbocycles. The van der Waals surface area contributed by atoms with Crippen LogP contribution >= 0.6 is 15.9 Å². The molecule has 0 bridgehead atoms. The quantitative estimate of drug-likeness (QED) is 0.553. The SMILES string of the molecule is Cc1ncnc(C)c1C(=O)N1CCC(C)(N2CCN(C3CCCc4ccc(Br)cc43)[C@@H](C)C2)CC1. The van der Waals surface area contributed by atoms with Gasteiger partial charge in [0, 0.05) is 54.8 Å². The Morgan fingerprint density at radius 1 is 1.09 bits per heavy atom. The highest BCUT2D eigenvalue weighted by atomic mass is 79.9. The van der Waals surface area contributed by atoms with Gasteiger partial charge in [-0.05, 0) is 83.1 Å². The number of rotatable bonds is 3. The van der Waals surface area contributed by atoms with Gasteiger partial charge < -0.3 is 4.90 Å². The zero-order chi connectivity index (χ0) is 24.7. The summed E-state index contributed by atoms with van der Waals surface area (Å²) in [6.45, 7) is 13.5. The summed E-state index contributed by atoms with van der Waals surface area (Å²) in [7, 11) is 0. The van der Waals surface area contributed by atoms with Crippen LogP contribution in [0, 0.1) is 13.8 Å². The number of aryl methyl sites for hydroxylation is 3. The monoisotopic (exact) mass is 539 g/mol. The number of benzene rings is 1. The van der Waals surface area contributed by atoms with Gasteiger partial charge in [-0.3, -0.25) is 14.6 Å². The molecule has 6 nitrogen and oxygen atoms in total. The van der Waals surface area contributed by atoms with Crippen LogP contribution in [0.15, 0.2) is 29.0 Å². The van der Waals surface area contributed by atoms with E-state index in [2.05, 4.69) is 67.7 Å². The molecule has 1 aromatic heterocycles. The van der Waals surface area contributed by atoms with Gasteiger partial charge in [0.15, 0.2) is 0 Å². The summed E-state index contributed by atoms with van der Waals surface area (Å²) in [5, 5.41) is 0. The van der Waals surface area contributed by atoms with E-state index in [1.54, 1.807) is 6.33 Å². The van der Waals surface area contributed by atoms with E-state index in [1.807, 2.05) is 18.7 Å². The van der Waals surface area contributed by atoms with Crippen LogP contribution in [0.1, 0.15) is 78.4 Å². The molecular formula is C28H38BrN5O. The lowest BCUT2D eigenvalue weighted by Gasteiger charge is -2.53. The number of carbonyl (C=O) groups excluding carboxylic acids is 1. The van der Waals surface area contributed by atoms with E-state index < -0.39 is 0 Å². The highest BCUT2D eigenvalue weighted by molar-refractivity contribution is 9.10. The van der Waals surface area contributed by atoms with Crippen LogP contribution in [0.2, 0.25) is 0 Å². The van der Waals surface area contributed by atoms with E-state index in [0.717, 1.165) is 57.0 Å². The highest BCUT2D eigenvalue weighted by Gasteiger charge is 2.41. The van der Waals surface area contributed by atoms with Gasteiger partial charge >= 0.3 is 0 Å². The number of amides is 1. The van der Waals surface area contributed by atoms with E-state index in [1.165, 1.54) is 34.9 Å². The Labute approximate surface area is 218 Å². The Balaban J connectivity index is 1.23. The summed E-state index contributed by atoms with van der Waals surface area (Å²) < 4.78 is 1.19. The van der Waals surface area contributed by atoms with Gasteiger partial charge in [-0.25, -0.2) is 9.97 Å². The van der Waals surface area contributed by atoms with Gasteiger partial charge in [0.25, 0.3) is 5.91 Å². The minimum atomic E-state index is 0.0861. The Bertz CT molecular complexity index is 1080. The molecule has 35 heavy (non-hydrogen) atoms. The molecule has 2 atom stereocenters.